The van der Waals surface area contributed by atoms with Crippen LogP contribution in [0.4, 0.5) is 10.1 Å². The second-order valence-electron chi connectivity index (χ2n) is 7.14. The molecule has 4 nitrogen and oxygen atoms in total. The van der Waals surface area contributed by atoms with E-state index >= 15 is 0 Å². The van der Waals surface area contributed by atoms with Crippen molar-refractivity contribution in [3.63, 3.8) is 0 Å². The van der Waals surface area contributed by atoms with Crippen molar-refractivity contribution in [1.29, 1.82) is 0 Å². The summed E-state index contributed by atoms with van der Waals surface area (Å²) < 4.78 is 13.8. The molecule has 0 aliphatic rings. The number of benzene rings is 2. The number of nitrogens with zero attached hydrogens (tertiary/aromatic N) is 3. The van der Waals surface area contributed by atoms with E-state index in [2.05, 4.69) is 35.2 Å². The molecular weight excluding hydrogens is 351 g/mol. The van der Waals surface area contributed by atoms with Crippen molar-refractivity contribution >= 4 is 16.7 Å². The van der Waals surface area contributed by atoms with Gasteiger partial charge >= 0.3 is 0 Å². The number of rotatable bonds is 4. The minimum Gasteiger partial charge on any atom is -0.382 e. The zero-order valence-electron chi connectivity index (χ0n) is 16.1. The lowest BCUT2D eigenvalue weighted by molar-refractivity contribution is 0.619. The van der Waals surface area contributed by atoms with E-state index in [1.54, 1.807) is 25.4 Å². The SMILES string of the molecule is Cc1cc(-c2ncc(NC(C)C)cc2-c2ccc3nccnc3c2)ccc1F. The molecule has 28 heavy (non-hydrogen) atoms. The molecule has 0 aliphatic carbocycles. The molecule has 0 spiro atoms. The lowest BCUT2D eigenvalue weighted by atomic mass is 9.97. The Kier molecular flexibility index (Phi) is 4.74. The highest BCUT2D eigenvalue weighted by Gasteiger charge is 2.13. The number of fused-ring (bicyclic) bond motifs is 1. The Labute approximate surface area is 163 Å². The maximum Gasteiger partial charge on any atom is 0.126 e. The lowest BCUT2D eigenvalue weighted by Crippen LogP contribution is -2.10. The number of pyridine rings is 1. The summed E-state index contributed by atoms with van der Waals surface area (Å²) in [5, 5.41) is 3.40. The molecule has 2 aromatic carbocycles. The van der Waals surface area contributed by atoms with Gasteiger partial charge in [0.2, 0.25) is 0 Å². The van der Waals surface area contributed by atoms with E-state index in [1.165, 1.54) is 6.07 Å². The third-order valence-corrected chi connectivity index (χ3v) is 4.55. The van der Waals surface area contributed by atoms with Crippen LogP contribution in [0, 0.1) is 12.7 Å². The minimum absolute atomic E-state index is 0.218. The molecule has 0 radical (unpaired) electrons. The van der Waals surface area contributed by atoms with Crippen LogP contribution < -0.4 is 5.32 Å². The molecule has 5 heteroatoms. The first-order valence-electron chi connectivity index (χ1n) is 9.25. The van der Waals surface area contributed by atoms with Gasteiger partial charge in [-0.05, 0) is 68.3 Å². The van der Waals surface area contributed by atoms with Crippen LogP contribution in [0.25, 0.3) is 33.4 Å². The molecule has 0 fully saturated rings. The summed E-state index contributed by atoms with van der Waals surface area (Å²) in [4.78, 5) is 13.5. The van der Waals surface area contributed by atoms with Crippen LogP contribution in [0.2, 0.25) is 0 Å². The predicted octanol–water partition coefficient (Wildman–Crippen LogP) is 5.63. The maximum atomic E-state index is 13.8. The van der Waals surface area contributed by atoms with Gasteiger partial charge in [-0.15, -0.1) is 0 Å². The summed E-state index contributed by atoms with van der Waals surface area (Å²) in [6.07, 6.45) is 5.19. The Hall–Kier alpha value is -3.34. The van der Waals surface area contributed by atoms with Gasteiger partial charge in [0.15, 0.2) is 0 Å². The molecule has 0 saturated heterocycles. The first kappa shape index (κ1) is 18.0. The zero-order valence-corrected chi connectivity index (χ0v) is 16.1. The van der Waals surface area contributed by atoms with E-state index < -0.39 is 0 Å². The first-order chi connectivity index (χ1) is 13.5. The van der Waals surface area contributed by atoms with Crippen molar-refractivity contribution in [2.75, 3.05) is 5.32 Å². The highest BCUT2D eigenvalue weighted by Crippen LogP contribution is 2.34. The van der Waals surface area contributed by atoms with Crippen LogP contribution in [-0.4, -0.2) is 21.0 Å². The van der Waals surface area contributed by atoms with Gasteiger partial charge in [0.05, 0.1) is 28.6 Å². The third kappa shape index (κ3) is 3.56. The Morgan fingerprint density at radius 3 is 2.36 bits per heavy atom. The average molecular weight is 372 g/mol. The highest BCUT2D eigenvalue weighted by molar-refractivity contribution is 5.88. The summed E-state index contributed by atoms with van der Waals surface area (Å²) in [5.41, 5.74) is 6.84. The Morgan fingerprint density at radius 2 is 1.61 bits per heavy atom. The van der Waals surface area contributed by atoms with Crippen LogP contribution in [0.1, 0.15) is 19.4 Å². The van der Waals surface area contributed by atoms with E-state index in [1.807, 2.05) is 30.5 Å². The van der Waals surface area contributed by atoms with Gasteiger partial charge in [-0.25, -0.2) is 4.39 Å². The molecular formula is C23H21FN4. The first-order valence-corrected chi connectivity index (χ1v) is 9.25. The third-order valence-electron chi connectivity index (χ3n) is 4.55. The molecule has 0 atom stereocenters. The van der Waals surface area contributed by atoms with Crippen molar-refractivity contribution in [1.82, 2.24) is 15.0 Å². The molecule has 0 amide bonds. The van der Waals surface area contributed by atoms with Gasteiger partial charge in [-0.2, -0.15) is 0 Å². The molecule has 4 aromatic rings. The highest BCUT2D eigenvalue weighted by atomic mass is 19.1. The molecule has 2 aromatic heterocycles. The second kappa shape index (κ2) is 7.35. The van der Waals surface area contributed by atoms with E-state index in [0.29, 0.717) is 5.56 Å². The lowest BCUT2D eigenvalue weighted by Gasteiger charge is -2.15. The van der Waals surface area contributed by atoms with Crippen LogP contribution in [0.15, 0.2) is 61.1 Å². The fourth-order valence-corrected chi connectivity index (χ4v) is 3.25. The van der Waals surface area contributed by atoms with E-state index in [9.17, 15) is 4.39 Å². The summed E-state index contributed by atoms with van der Waals surface area (Å²) in [5.74, 6) is -0.218. The van der Waals surface area contributed by atoms with Gasteiger partial charge < -0.3 is 5.32 Å². The minimum atomic E-state index is -0.218. The standard InChI is InChI=1S/C23H21FN4/c1-14(2)28-18-12-19(16-5-7-21-22(11-16)26-9-8-25-21)23(27-13-18)17-4-6-20(24)15(3)10-17/h4-14,28H,1-3H3. The molecule has 0 saturated carbocycles. The van der Waals surface area contributed by atoms with Crippen molar-refractivity contribution in [2.24, 2.45) is 0 Å². The van der Waals surface area contributed by atoms with E-state index in [4.69, 9.17) is 4.98 Å². The predicted molar refractivity (Wildman–Crippen MR) is 112 cm³/mol. The summed E-state index contributed by atoms with van der Waals surface area (Å²) in [6.45, 7) is 5.93. The fraction of sp³-hybridized carbons (Fsp3) is 0.174. The van der Waals surface area contributed by atoms with Gasteiger partial charge in [0.25, 0.3) is 0 Å². The Balaban J connectivity index is 1.91. The van der Waals surface area contributed by atoms with E-state index in [-0.39, 0.29) is 11.9 Å². The fourth-order valence-electron chi connectivity index (χ4n) is 3.25. The number of hydrogen-bond acceptors (Lipinski definition) is 4. The molecule has 0 unspecified atom stereocenters. The van der Waals surface area contributed by atoms with Gasteiger partial charge in [0, 0.05) is 29.6 Å². The van der Waals surface area contributed by atoms with Crippen LogP contribution in [-0.2, 0) is 0 Å². The number of aryl methyl sites for hydroxylation is 1. The van der Waals surface area contributed by atoms with Crippen LogP contribution in [0.3, 0.4) is 0 Å². The van der Waals surface area contributed by atoms with Crippen molar-refractivity contribution in [2.45, 2.75) is 26.8 Å². The molecule has 4 rings (SSSR count). The van der Waals surface area contributed by atoms with Gasteiger partial charge in [0.1, 0.15) is 5.82 Å². The van der Waals surface area contributed by atoms with Crippen LogP contribution in [0.5, 0.6) is 0 Å². The number of nitrogens with one attached hydrogen (secondary N) is 1. The van der Waals surface area contributed by atoms with Crippen molar-refractivity contribution < 1.29 is 4.39 Å². The Bertz CT molecular complexity index is 1150. The van der Waals surface area contributed by atoms with Gasteiger partial charge in [-0.1, -0.05) is 6.07 Å². The summed E-state index contributed by atoms with van der Waals surface area (Å²) >= 11 is 0. The van der Waals surface area contributed by atoms with Crippen molar-refractivity contribution in [3.05, 3.63) is 72.4 Å². The monoisotopic (exact) mass is 372 g/mol. The largest absolute Gasteiger partial charge is 0.382 e. The quantitative estimate of drug-likeness (QED) is 0.505. The second-order valence-corrected chi connectivity index (χ2v) is 7.14. The van der Waals surface area contributed by atoms with Crippen LogP contribution >= 0.6 is 0 Å². The molecule has 2 heterocycles. The number of aromatic nitrogens is 3. The molecule has 140 valence electrons. The summed E-state index contributed by atoms with van der Waals surface area (Å²) in [7, 11) is 0. The summed E-state index contributed by atoms with van der Waals surface area (Å²) in [6, 6.07) is 13.4. The maximum absolute atomic E-state index is 13.8. The van der Waals surface area contributed by atoms with E-state index in [0.717, 1.165) is 39.1 Å². The number of halogens is 1. The topological polar surface area (TPSA) is 50.7 Å². The molecule has 0 aliphatic heterocycles. The Morgan fingerprint density at radius 1 is 0.857 bits per heavy atom. The normalized spacial score (nSPS) is 11.2. The number of hydrogen-bond donors (Lipinski definition) is 1. The molecule has 1 N–H and O–H groups in total. The number of anilines is 1. The van der Waals surface area contributed by atoms with Gasteiger partial charge in [-0.3, -0.25) is 15.0 Å². The zero-order chi connectivity index (χ0) is 19.7. The van der Waals surface area contributed by atoms with Crippen molar-refractivity contribution in [3.8, 4) is 22.4 Å². The smallest absolute Gasteiger partial charge is 0.126 e. The molecule has 0 bridgehead atoms. The average Bonchev–Trinajstić information content (AvgIpc) is 2.69.